The molecule has 0 unspecified atom stereocenters. The molecule has 0 radical (unpaired) electrons. The summed E-state index contributed by atoms with van der Waals surface area (Å²) in [4.78, 5) is 26.9. The quantitative estimate of drug-likeness (QED) is 0.736. The van der Waals surface area contributed by atoms with Gasteiger partial charge in [0.2, 0.25) is 5.91 Å². The third-order valence-electron chi connectivity index (χ3n) is 4.64. The molecular formula is C20H25NO3S2. The molecule has 0 N–H and O–H groups in total. The highest BCUT2D eigenvalue weighted by atomic mass is 32.2. The zero-order valence-corrected chi connectivity index (χ0v) is 16.9. The average Bonchev–Trinajstić information content (AvgIpc) is 3.04. The highest BCUT2D eigenvalue weighted by Gasteiger charge is 2.41. The van der Waals surface area contributed by atoms with Crippen molar-refractivity contribution in [3.63, 3.8) is 0 Å². The second-order valence-corrected chi connectivity index (χ2v) is 9.46. The molecule has 2 heterocycles. The van der Waals surface area contributed by atoms with Crippen molar-refractivity contribution >= 4 is 35.5 Å². The van der Waals surface area contributed by atoms with E-state index < -0.39 is 6.09 Å². The van der Waals surface area contributed by atoms with Gasteiger partial charge in [-0.3, -0.25) is 4.79 Å². The van der Waals surface area contributed by atoms with Crippen LogP contribution in [0.5, 0.6) is 0 Å². The predicted octanol–water partition coefficient (Wildman–Crippen LogP) is 4.56. The molecule has 0 aliphatic carbocycles. The predicted molar refractivity (Wildman–Crippen MR) is 108 cm³/mol. The van der Waals surface area contributed by atoms with Crippen molar-refractivity contribution < 1.29 is 14.3 Å². The van der Waals surface area contributed by atoms with Crippen LogP contribution in [-0.4, -0.2) is 41.1 Å². The molecule has 2 amide bonds. The van der Waals surface area contributed by atoms with Gasteiger partial charge >= 0.3 is 6.09 Å². The van der Waals surface area contributed by atoms with Crippen LogP contribution >= 0.6 is 23.5 Å². The van der Waals surface area contributed by atoms with E-state index in [1.807, 2.05) is 67.7 Å². The summed E-state index contributed by atoms with van der Waals surface area (Å²) >= 11 is 3.61. The minimum absolute atomic E-state index is 0.144. The molecule has 1 aromatic rings. The summed E-state index contributed by atoms with van der Waals surface area (Å²) in [6.45, 7) is 4.33. The monoisotopic (exact) mass is 391 g/mol. The first-order valence-corrected chi connectivity index (χ1v) is 11.0. The Kier molecular flexibility index (Phi) is 6.70. The number of carbonyl (C=O) groups excluding carboxylic acids is 2. The normalized spacial score (nSPS) is 21.7. The van der Waals surface area contributed by atoms with Crippen molar-refractivity contribution in [3.05, 3.63) is 46.2 Å². The second kappa shape index (κ2) is 9.00. The molecule has 2 aliphatic rings. The van der Waals surface area contributed by atoms with E-state index in [9.17, 15) is 9.59 Å². The third kappa shape index (κ3) is 4.65. The summed E-state index contributed by atoms with van der Waals surface area (Å²) in [5.41, 5.74) is 1.10. The fourth-order valence-corrected chi connectivity index (χ4v) is 5.67. The lowest BCUT2D eigenvalue weighted by Gasteiger charge is -2.26. The molecule has 140 valence electrons. The van der Waals surface area contributed by atoms with E-state index in [0.717, 1.165) is 17.1 Å². The van der Waals surface area contributed by atoms with Crippen molar-refractivity contribution in [2.24, 2.45) is 11.8 Å². The van der Waals surface area contributed by atoms with E-state index in [0.29, 0.717) is 13.0 Å². The number of carbonyl (C=O) groups is 2. The van der Waals surface area contributed by atoms with Crippen molar-refractivity contribution in [1.29, 1.82) is 0 Å². The van der Waals surface area contributed by atoms with Gasteiger partial charge in [0.1, 0.15) is 6.61 Å². The van der Waals surface area contributed by atoms with Gasteiger partial charge in [-0.2, -0.15) is 0 Å². The largest absolute Gasteiger partial charge is 0.447 e. The van der Waals surface area contributed by atoms with Crippen LogP contribution in [0.25, 0.3) is 0 Å². The first kappa shape index (κ1) is 19.4. The number of imide groups is 1. The van der Waals surface area contributed by atoms with Gasteiger partial charge in [-0.25, -0.2) is 9.69 Å². The summed E-state index contributed by atoms with van der Waals surface area (Å²) in [5.74, 6) is 1.86. The average molecular weight is 392 g/mol. The number of ether oxygens (including phenoxy) is 1. The molecule has 0 aromatic heterocycles. The molecular weight excluding hydrogens is 366 g/mol. The summed E-state index contributed by atoms with van der Waals surface area (Å²) in [5, 5.41) is 0. The zero-order chi connectivity index (χ0) is 18.5. The molecule has 1 aromatic carbocycles. The Hall–Kier alpha value is -1.40. The van der Waals surface area contributed by atoms with Crippen molar-refractivity contribution in [2.45, 2.75) is 32.7 Å². The van der Waals surface area contributed by atoms with Crippen molar-refractivity contribution in [2.75, 3.05) is 18.1 Å². The van der Waals surface area contributed by atoms with Gasteiger partial charge < -0.3 is 4.74 Å². The SMILES string of the molecule is CC(C)[C@H]1COC(=O)N1C(=O)[C@@H](C=C1SCCCS1)Cc1ccccc1. The van der Waals surface area contributed by atoms with E-state index in [1.54, 1.807) is 0 Å². The van der Waals surface area contributed by atoms with Gasteiger partial charge in [-0.1, -0.05) is 50.3 Å². The number of rotatable bonds is 5. The van der Waals surface area contributed by atoms with Gasteiger partial charge in [-0.05, 0) is 35.8 Å². The molecule has 4 nitrogen and oxygen atoms in total. The van der Waals surface area contributed by atoms with E-state index in [2.05, 4.69) is 6.08 Å². The van der Waals surface area contributed by atoms with Gasteiger partial charge in [0.15, 0.2) is 0 Å². The van der Waals surface area contributed by atoms with E-state index >= 15 is 0 Å². The van der Waals surface area contributed by atoms with Crippen LogP contribution in [-0.2, 0) is 16.0 Å². The third-order valence-corrected chi connectivity index (χ3v) is 7.18. The standard InChI is InChI=1S/C20H25NO3S2/c1-14(2)17-13-24-20(23)21(17)19(22)16(11-15-7-4-3-5-8-15)12-18-25-9-6-10-26-18/h3-5,7-8,12,14,16-17H,6,9-11,13H2,1-2H3/t16-,17-/m1/s1. The van der Waals surface area contributed by atoms with Crippen LogP contribution < -0.4 is 0 Å². The second-order valence-electron chi connectivity index (χ2n) is 6.93. The molecule has 3 rings (SSSR count). The molecule has 0 spiro atoms. The molecule has 2 atom stereocenters. The maximum absolute atomic E-state index is 13.3. The van der Waals surface area contributed by atoms with E-state index in [4.69, 9.17) is 4.74 Å². The number of amides is 2. The summed E-state index contributed by atoms with van der Waals surface area (Å²) in [7, 11) is 0. The number of thioether (sulfide) groups is 2. The summed E-state index contributed by atoms with van der Waals surface area (Å²) in [6.07, 6.45) is 3.35. The molecule has 26 heavy (non-hydrogen) atoms. The van der Waals surface area contributed by atoms with Gasteiger partial charge in [0.05, 0.1) is 12.0 Å². The summed E-state index contributed by atoms with van der Waals surface area (Å²) < 4.78 is 6.38. The lowest BCUT2D eigenvalue weighted by Crippen LogP contribution is -2.45. The molecule has 0 saturated carbocycles. The van der Waals surface area contributed by atoms with Gasteiger partial charge in [-0.15, -0.1) is 23.5 Å². The minimum Gasteiger partial charge on any atom is -0.447 e. The number of benzene rings is 1. The van der Waals surface area contributed by atoms with Crippen LogP contribution in [0.2, 0.25) is 0 Å². The lowest BCUT2D eigenvalue weighted by atomic mass is 9.96. The van der Waals surface area contributed by atoms with E-state index in [-0.39, 0.29) is 23.8 Å². The Labute approximate surface area is 163 Å². The van der Waals surface area contributed by atoms with Crippen LogP contribution in [0.3, 0.4) is 0 Å². The number of hydrogen-bond donors (Lipinski definition) is 0. The Morgan fingerprint density at radius 3 is 2.62 bits per heavy atom. The smallest absolute Gasteiger partial charge is 0.417 e. The molecule has 2 aliphatic heterocycles. The Bertz CT molecular complexity index is 667. The van der Waals surface area contributed by atoms with Crippen LogP contribution in [0.1, 0.15) is 25.8 Å². The molecule has 2 fully saturated rings. The van der Waals surface area contributed by atoms with Crippen molar-refractivity contribution in [3.8, 4) is 0 Å². The Morgan fingerprint density at radius 2 is 1.96 bits per heavy atom. The molecule has 6 heteroatoms. The topological polar surface area (TPSA) is 46.6 Å². The first-order chi connectivity index (χ1) is 12.6. The van der Waals surface area contributed by atoms with Crippen molar-refractivity contribution in [1.82, 2.24) is 4.90 Å². The fourth-order valence-electron chi connectivity index (χ4n) is 3.15. The number of nitrogens with zero attached hydrogens (tertiary/aromatic N) is 1. The zero-order valence-electron chi connectivity index (χ0n) is 15.2. The summed E-state index contributed by atoms with van der Waals surface area (Å²) in [6, 6.07) is 9.81. The molecule has 0 bridgehead atoms. The minimum atomic E-state index is -0.505. The number of cyclic esters (lactones) is 1. The number of hydrogen-bond acceptors (Lipinski definition) is 5. The van der Waals surface area contributed by atoms with E-state index in [1.165, 1.54) is 15.6 Å². The molecule has 2 saturated heterocycles. The first-order valence-electron chi connectivity index (χ1n) is 9.07. The van der Waals surface area contributed by atoms with Gasteiger partial charge in [0.25, 0.3) is 0 Å². The lowest BCUT2D eigenvalue weighted by molar-refractivity contribution is -0.132. The highest BCUT2D eigenvalue weighted by Crippen LogP contribution is 2.36. The fraction of sp³-hybridized carbons (Fsp3) is 0.500. The maximum Gasteiger partial charge on any atom is 0.417 e. The Balaban J connectivity index is 1.86. The van der Waals surface area contributed by atoms with Crippen LogP contribution in [0.15, 0.2) is 40.6 Å². The van der Waals surface area contributed by atoms with Crippen LogP contribution in [0, 0.1) is 11.8 Å². The Morgan fingerprint density at radius 1 is 1.27 bits per heavy atom. The highest BCUT2D eigenvalue weighted by molar-refractivity contribution is 8.22. The maximum atomic E-state index is 13.3. The van der Waals surface area contributed by atoms with Gasteiger partial charge in [0, 0.05) is 4.24 Å². The van der Waals surface area contributed by atoms with Crippen LogP contribution in [0.4, 0.5) is 4.79 Å².